The Morgan fingerprint density at radius 3 is 2.59 bits per heavy atom. The summed E-state index contributed by atoms with van der Waals surface area (Å²) in [6, 6.07) is 11.9. The third-order valence-electron chi connectivity index (χ3n) is 2.36. The van der Waals surface area contributed by atoms with E-state index in [1.807, 2.05) is 24.3 Å². The third-order valence-corrected chi connectivity index (χ3v) is 3.48. The molecule has 0 saturated heterocycles. The van der Waals surface area contributed by atoms with Gasteiger partial charge in [0, 0.05) is 16.7 Å². The van der Waals surface area contributed by atoms with E-state index < -0.39 is 0 Å². The van der Waals surface area contributed by atoms with E-state index in [9.17, 15) is 0 Å². The van der Waals surface area contributed by atoms with Crippen LogP contribution in [0.15, 0.2) is 52.5 Å². The number of amidine groups is 1. The quantitative estimate of drug-likeness (QED) is 0.643. The molecule has 0 unspecified atom stereocenters. The number of aromatic nitrogens is 1. The zero-order valence-electron chi connectivity index (χ0n) is 9.47. The van der Waals surface area contributed by atoms with Crippen molar-refractivity contribution in [3.05, 3.63) is 53.7 Å². The number of hydrogen-bond donors (Lipinski definition) is 2. The van der Waals surface area contributed by atoms with E-state index in [0.29, 0.717) is 5.56 Å². The minimum atomic E-state index is 0.0462. The fourth-order valence-corrected chi connectivity index (χ4v) is 2.23. The molecule has 0 bridgehead atoms. The van der Waals surface area contributed by atoms with E-state index in [2.05, 4.69) is 24.0 Å². The van der Waals surface area contributed by atoms with Crippen molar-refractivity contribution in [3.63, 3.8) is 0 Å². The second-order valence-corrected chi connectivity index (χ2v) is 4.73. The lowest BCUT2D eigenvalue weighted by Crippen LogP contribution is -2.10. The van der Waals surface area contributed by atoms with Crippen LogP contribution in [-0.2, 0) is 0 Å². The van der Waals surface area contributed by atoms with Crippen LogP contribution in [0.4, 0.5) is 0 Å². The number of nitrogens with zero attached hydrogens (tertiary/aromatic N) is 1. The Hall–Kier alpha value is -1.81. The first-order valence-electron chi connectivity index (χ1n) is 5.21. The SMILES string of the molecule is Cc1ccccc1Sc1ccc(C(=N)N)cn1. The highest BCUT2D eigenvalue weighted by Gasteiger charge is 2.02. The molecule has 86 valence electrons. The molecular weight excluding hydrogens is 230 g/mol. The van der Waals surface area contributed by atoms with E-state index in [-0.39, 0.29) is 5.84 Å². The summed E-state index contributed by atoms with van der Waals surface area (Å²) in [5.74, 6) is 0.0462. The van der Waals surface area contributed by atoms with Gasteiger partial charge in [0.2, 0.25) is 0 Å². The second-order valence-electron chi connectivity index (χ2n) is 3.67. The highest BCUT2D eigenvalue weighted by Crippen LogP contribution is 2.28. The highest BCUT2D eigenvalue weighted by atomic mass is 32.2. The van der Waals surface area contributed by atoms with Crippen molar-refractivity contribution in [2.75, 3.05) is 0 Å². The lowest BCUT2D eigenvalue weighted by atomic mass is 10.2. The molecule has 0 aliphatic heterocycles. The second kappa shape index (κ2) is 5.01. The smallest absolute Gasteiger partial charge is 0.124 e. The van der Waals surface area contributed by atoms with Gasteiger partial charge in [0.05, 0.1) is 0 Å². The molecule has 1 aromatic heterocycles. The summed E-state index contributed by atoms with van der Waals surface area (Å²) in [6.45, 7) is 2.08. The molecule has 0 spiro atoms. The van der Waals surface area contributed by atoms with Crippen LogP contribution in [0.25, 0.3) is 0 Å². The molecule has 4 heteroatoms. The normalized spacial score (nSPS) is 10.2. The number of hydrogen-bond acceptors (Lipinski definition) is 3. The van der Waals surface area contributed by atoms with Gasteiger partial charge in [-0.15, -0.1) is 0 Å². The van der Waals surface area contributed by atoms with E-state index >= 15 is 0 Å². The molecule has 2 aromatic rings. The number of benzene rings is 1. The van der Waals surface area contributed by atoms with Crippen LogP contribution in [0.1, 0.15) is 11.1 Å². The van der Waals surface area contributed by atoms with Crippen molar-refractivity contribution < 1.29 is 0 Å². The Morgan fingerprint density at radius 1 is 1.24 bits per heavy atom. The van der Waals surface area contributed by atoms with Gasteiger partial charge in [-0.1, -0.05) is 30.0 Å². The van der Waals surface area contributed by atoms with Crippen molar-refractivity contribution in [3.8, 4) is 0 Å². The number of nitrogen functional groups attached to an aromatic ring is 1. The fraction of sp³-hybridized carbons (Fsp3) is 0.0769. The maximum atomic E-state index is 7.29. The van der Waals surface area contributed by atoms with Gasteiger partial charge >= 0.3 is 0 Å². The molecule has 3 N–H and O–H groups in total. The predicted molar refractivity (Wildman–Crippen MR) is 70.6 cm³/mol. The van der Waals surface area contributed by atoms with E-state index in [0.717, 1.165) is 5.03 Å². The predicted octanol–water partition coefficient (Wildman–Crippen LogP) is 2.83. The van der Waals surface area contributed by atoms with Gasteiger partial charge in [0.1, 0.15) is 10.9 Å². The van der Waals surface area contributed by atoms with E-state index in [1.165, 1.54) is 10.5 Å². The van der Waals surface area contributed by atoms with Crippen LogP contribution in [0.3, 0.4) is 0 Å². The van der Waals surface area contributed by atoms with Gasteiger partial charge in [-0.05, 0) is 30.7 Å². The molecule has 1 aromatic carbocycles. The van der Waals surface area contributed by atoms with E-state index in [1.54, 1.807) is 18.0 Å². The molecule has 1 heterocycles. The molecule has 0 amide bonds. The minimum absolute atomic E-state index is 0.0462. The summed E-state index contributed by atoms with van der Waals surface area (Å²) in [6.07, 6.45) is 1.63. The maximum Gasteiger partial charge on any atom is 0.124 e. The summed E-state index contributed by atoms with van der Waals surface area (Å²) in [7, 11) is 0. The average molecular weight is 243 g/mol. The number of nitrogens with one attached hydrogen (secondary N) is 1. The van der Waals surface area contributed by atoms with Crippen LogP contribution in [0.5, 0.6) is 0 Å². The number of rotatable bonds is 3. The minimum Gasteiger partial charge on any atom is -0.384 e. The van der Waals surface area contributed by atoms with Gasteiger partial charge in [0.25, 0.3) is 0 Å². The van der Waals surface area contributed by atoms with Gasteiger partial charge in [-0.2, -0.15) is 0 Å². The molecule has 0 aliphatic carbocycles. The standard InChI is InChI=1S/C13H13N3S/c1-9-4-2-3-5-11(9)17-12-7-6-10(8-16-12)13(14)15/h2-8H,1H3,(H3,14,15). The summed E-state index contributed by atoms with van der Waals surface area (Å²) in [5, 5.41) is 8.20. The number of nitrogens with two attached hydrogens (primary N) is 1. The fourth-order valence-electron chi connectivity index (χ4n) is 1.38. The lowest BCUT2D eigenvalue weighted by Gasteiger charge is -2.04. The zero-order chi connectivity index (χ0) is 12.3. The first kappa shape index (κ1) is 11.7. The highest BCUT2D eigenvalue weighted by molar-refractivity contribution is 7.99. The molecule has 0 fully saturated rings. The monoisotopic (exact) mass is 243 g/mol. The number of aryl methyl sites for hydroxylation is 1. The van der Waals surface area contributed by atoms with Crippen LogP contribution < -0.4 is 5.73 Å². The molecular formula is C13H13N3S. The van der Waals surface area contributed by atoms with Crippen molar-refractivity contribution in [1.29, 1.82) is 5.41 Å². The van der Waals surface area contributed by atoms with Crippen molar-refractivity contribution in [2.45, 2.75) is 16.8 Å². The first-order chi connectivity index (χ1) is 8.16. The first-order valence-corrected chi connectivity index (χ1v) is 6.02. The van der Waals surface area contributed by atoms with Crippen LogP contribution in [-0.4, -0.2) is 10.8 Å². The van der Waals surface area contributed by atoms with Gasteiger partial charge < -0.3 is 5.73 Å². The zero-order valence-corrected chi connectivity index (χ0v) is 10.3. The Labute approximate surface area is 105 Å². The largest absolute Gasteiger partial charge is 0.384 e. The summed E-state index contributed by atoms with van der Waals surface area (Å²) >= 11 is 1.61. The summed E-state index contributed by atoms with van der Waals surface area (Å²) in [4.78, 5) is 5.47. The lowest BCUT2D eigenvalue weighted by molar-refractivity contribution is 1.12. The van der Waals surface area contributed by atoms with Crippen molar-refractivity contribution in [1.82, 2.24) is 4.98 Å². The Kier molecular flexibility index (Phi) is 3.44. The van der Waals surface area contributed by atoms with Crippen molar-refractivity contribution >= 4 is 17.6 Å². The van der Waals surface area contributed by atoms with Gasteiger partial charge in [-0.3, -0.25) is 5.41 Å². The summed E-state index contributed by atoms with van der Waals surface area (Å²) in [5.41, 5.74) is 7.26. The molecule has 0 radical (unpaired) electrons. The molecule has 3 nitrogen and oxygen atoms in total. The number of pyridine rings is 1. The maximum absolute atomic E-state index is 7.29. The summed E-state index contributed by atoms with van der Waals surface area (Å²) < 4.78 is 0. The molecule has 0 atom stereocenters. The molecule has 0 aliphatic rings. The molecule has 2 rings (SSSR count). The molecule has 17 heavy (non-hydrogen) atoms. The van der Waals surface area contributed by atoms with E-state index in [4.69, 9.17) is 11.1 Å². The van der Waals surface area contributed by atoms with Crippen molar-refractivity contribution in [2.24, 2.45) is 5.73 Å². The Bertz CT molecular complexity index is 535. The van der Waals surface area contributed by atoms with Gasteiger partial charge in [-0.25, -0.2) is 4.98 Å². The van der Waals surface area contributed by atoms with Crippen LogP contribution in [0, 0.1) is 12.3 Å². The van der Waals surface area contributed by atoms with Gasteiger partial charge in [0.15, 0.2) is 0 Å². The molecule has 0 saturated carbocycles. The Morgan fingerprint density at radius 2 is 2.00 bits per heavy atom. The third kappa shape index (κ3) is 2.85. The van der Waals surface area contributed by atoms with Crippen LogP contribution in [0.2, 0.25) is 0 Å². The van der Waals surface area contributed by atoms with Crippen LogP contribution >= 0.6 is 11.8 Å². The average Bonchev–Trinajstić information content (AvgIpc) is 2.33. The Balaban J connectivity index is 2.20. The topological polar surface area (TPSA) is 62.8 Å².